The van der Waals surface area contributed by atoms with Crippen molar-refractivity contribution >= 4 is 0 Å². The van der Waals surface area contributed by atoms with Crippen LogP contribution in [-0.4, -0.2) is 43.4 Å². The molecule has 1 heterocycles. The number of nitrogens with zero attached hydrogens (tertiary/aromatic N) is 2. The fraction of sp³-hybridized carbons (Fsp3) is 1.00. The lowest BCUT2D eigenvalue weighted by molar-refractivity contribution is -0.0498. The summed E-state index contributed by atoms with van der Waals surface area (Å²) < 4.78 is 0. The molecule has 0 saturated carbocycles. The molecular weight excluding hydrogens is 128 g/mol. The topological polar surface area (TPSA) is 44.5 Å². The van der Waals surface area contributed by atoms with Crippen molar-refractivity contribution in [3.05, 3.63) is 0 Å². The van der Waals surface area contributed by atoms with Crippen molar-refractivity contribution in [1.29, 1.82) is 0 Å². The maximum absolute atomic E-state index is 5.75. The highest BCUT2D eigenvalue weighted by Gasteiger charge is 2.16. The second-order valence-electron chi connectivity index (χ2n) is 2.89. The van der Waals surface area contributed by atoms with Crippen molar-refractivity contribution in [2.45, 2.75) is 12.5 Å². The summed E-state index contributed by atoms with van der Waals surface area (Å²) in [6.45, 7) is 1.90. The van der Waals surface area contributed by atoms with Crippen LogP contribution in [0.2, 0.25) is 0 Å². The summed E-state index contributed by atoms with van der Waals surface area (Å²) in [6.07, 6.45) is 1.07. The molecule has 1 fully saturated rings. The van der Waals surface area contributed by atoms with E-state index in [9.17, 15) is 0 Å². The number of nitrogens with one attached hydrogen (secondary N) is 1. The fourth-order valence-electron chi connectivity index (χ4n) is 1.06. The van der Waals surface area contributed by atoms with Gasteiger partial charge in [0.15, 0.2) is 0 Å². The van der Waals surface area contributed by atoms with Gasteiger partial charge in [-0.1, -0.05) is 0 Å². The first-order chi connectivity index (χ1) is 4.70. The highest BCUT2D eigenvalue weighted by Crippen LogP contribution is 1.98. The highest BCUT2D eigenvalue weighted by molar-refractivity contribution is 4.69. The Labute approximate surface area is 61.9 Å². The van der Waals surface area contributed by atoms with Crippen LogP contribution in [0.5, 0.6) is 0 Å². The summed E-state index contributed by atoms with van der Waals surface area (Å²) in [5, 5.41) is 4.05. The quantitative estimate of drug-likeness (QED) is 0.495. The lowest BCUT2D eigenvalue weighted by atomic mass is 10.2. The molecule has 0 aliphatic carbocycles. The van der Waals surface area contributed by atoms with Gasteiger partial charge >= 0.3 is 0 Å². The number of nitrogens with two attached hydrogens (primary N) is 1. The predicted octanol–water partition coefficient (Wildman–Crippen LogP) is -0.999. The van der Waals surface area contributed by atoms with Crippen LogP contribution in [0.3, 0.4) is 0 Å². The van der Waals surface area contributed by atoms with E-state index in [1.807, 2.05) is 24.2 Å². The van der Waals surface area contributed by atoms with Gasteiger partial charge in [-0.3, -0.25) is 0 Å². The fourth-order valence-corrected chi connectivity index (χ4v) is 1.06. The van der Waals surface area contributed by atoms with Crippen molar-refractivity contribution in [2.24, 2.45) is 5.73 Å². The summed E-state index contributed by atoms with van der Waals surface area (Å²) in [4.78, 5) is 0. The molecule has 0 spiro atoms. The molecule has 4 nitrogen and oxygen atoms in total. The third-order valence-electron chi connectivity index (χ3n) is 1.70. The number of rotatable bonds is 1. The second-order valence-corrected chi connectivity index (χ2v) is 2.89. The Morgan fingerprint density at radius 2 is 2.30 bits per heavy atom. The molecular formula is C6H16N4. The molecule has 4 heteroatoms. The van der Waals surface area contributed by atoms with Gasteiger partial charge in [0.1, 0.15) is 0 Å². The van der Waals surface area contributed by atoms with Crippen LogP contribution in [-0.2, 0) is 0 Å². The molecule has 0 unspecified atom stereocenters. The van der Waals surface area contributed by atoms with Gasteiger partial charge in [-0.15, -0.1) is 0 Å². The largest absolute Gasteiger partial charge is 0.326 e. The molecule has 0 aromatic rings. The Hall–Kier alpha value is -0.160. The Morgan fingerprint density at radius 3 is 2.70 bits per heavy atom. The van der Waals surface area contributed by atoms with E-state index < -0.39 is 0 Å². The zero-order valence-electron chi connectivity index (χ0n) is 6.67. The summed E-state index contributed by atoms with van der Waals surface area (Å²) in [6, 6.07) is 0.323. The van der Waals surface area contributed by atoms with Crippen molar-refractivity contribution in [3.8, 4) is 0 Å². The van der Waals surface area contributed by atoms with Crippen molar-refractivity contribution < 1.29 is 0 Å². The first-order valence-electron chi connectivity index (χ1n) is 3.64. The highest BCUT2D eigenvalue weighted by atomic mass is 15.8. The van der Waals surface area contributed by atoms with Crippen molar-refractivity contribution in [1.82, 2.24) is 15.6 Å². The van der Waals surface area contributed by atoms with E-state index >= 15 is 0 Å². The van der Waals surface area contributed by atoms with Gasteiger partial charge in [0.25, 0.3) is 0 Å². The predicted molar refractivity (Wildman–Crippen MR) is 41.0 cm³/mol. The van der Waals surface area contributed by atoms with Gasteiger partial charge in [-0.05, 0) is 6.42 Å². The molecule has 1 saturated heterocycles. The molecule has 1 aliphatic heterocycles. The van der Waals surface area contributed by atoms with Gasteiger partial charge in [-0.25, -0.2) is 10.4 Å². The first kappa shape index (κ1) is 7.94. The smallest absolute Gasteiger partial charge is 0.0442 e. The average Bonchev–Trinajstić information content (AvgIpc) is 1.88. The van der Waals surface area contributed by atoms with E-state index in [2.05, 4.69) is 5.43 Å². The van der Waals surface area contributed by atoms with Crippen LogP contribution in [0.1, 0.15) is 6.42 Å². The van der Waals surface area contributed by atoms with E-state index in [-0.39, 0.29) is 0 Å². The third kappa shape index (κ3) is 1.91. The Balaban J connectivity index is 2.32. The molecule has 1 aliphatic rings. The number of hydrogen-bond donors (Lipinski definition) is 2. The van der Waals surface area contributed by atoms with Gasteiger partial charge in [-0.2, -0.15) is 5.12 Å². The average molecular weight is 144 g/mol. The van der Waals surface area contributed by atoms with E-state index in [0.717, 1.165) is 19.5 Å². The van der Waals surface area contributed by atoms with Gasteiger partial charge in [0.05, 0.1) is 0 Å². The third-order valence-corrected chi connectivity index (χ3v) is 1.70. The minimum atomic E-state index is 0.323. The van der Waals surface area contributed by atoms with E-state index in [1.54, 1.807) is 0 Å². The van der Waals surface area contributed by atoms with Crippen LogP contribution in [0.15, 0.2) is 0 Å². The number of hydrogen-bond acceptors (Lipinski definition) is 4. The minimum absolute atomic E-state index is 0.323. The standard InChI is InChI=1S/C6H16N4/c1-9(2)10-5-6(7)3-4-8-10/h6,8H,3-5,7H2,1-2H3/t6-/m1/s1. The van der Waals surface area contributed by atoms with Crippen LogP contribution in [0, 0.1) is 0 Å². The second kappa shape index (κ2) is 3.30. The Kier molecular flexibility index (Phi) is 2.62. The molecule has 1 rings (SSSR count). The molecule has 10 heavy (non-hydrogen) atoms. The van der Waals surface area contributed by atoms with Gasteiger partial charge in [0.2, 0.25) is 0 Å². The van der Waals surface area contributed by atoms with Crippen LogP contribution in [0.4, 0.5) is 0 Å². The van der Waals surface area contributed by atoms with Gasteiger partial charge in [0, 0.05) is 33.2 Å². The Bertz CT molecular complexity index is 104. The summed E-state index contributed by atoms with van der Waals surface area (Å²) >= 11 is 0. The van der Waals surface area contributed by atoms with E-state index in [1.165, 1.54) is 0 Å². The maximum atomic E-state index is 5.75. The maximum Gasteiger partial charge on any atom is 0.0442 e. The van der Waals surface area contributed by atoms with Crippen molar-refractivity contribution in [3.63, 3.8) is 0 Å². The minimum Gasteiger partial charge on any atom is -0.326 e. The van der Waals surface area contributed by atoms with Crippen LogP contribution in [0.25, 0.3) is 0 Å². The van der Waals surface area contributed by atoms with E-state index in [4.69, 9.17) is 5.73 Å². The zero-order valence-corrected chi connectivity index (χ0v) is 6.67. The summed E-state index contributed by atoms with van der Waals surface area (Å²) in [5.41, 5.74) is 8.98. The lowest BCUT2D eigenvalue weighted by Crippen LogP contribution is -2.57. The Morgan fingerprint density at radius 1 is 1.60 bits per heavy atom. The molecule has 0 amide bonds. The molecule has 0 radical (unpaired) electrons. The summed E-state index contributed by atoms with van der Waals surface area (Å²) in [5.74, 6) is 0. The molecule has 0 aromatic heterocycles. The molecule has 0 bridgehead atoms. The first-order valence-corrected chi connectivity index (χ1v) is 3.64. The van der Waals surface area contributed by atoms with Crippen LogP contribution < -0.4 is 11.2 Å². The van der Waals surface area contributed by atoms with Gasteiger partial charge < -0.3 is 5.73 Å². The lowest BCUT2D eigenvalue weighted by Gasteiger charge is -2.35. The zero-order chi connectivity index (χ0) is 7.56. The molecule has 1 atom stereocenters. The normalized spacial score (nSPS) is 29.4. The van der Waals surface area contributed by atoms with Crippen molar-refractivity contribution in [2.75, 3.05) is 27.2 Å². The van der Waals surface area contributed by atoms with Crippen LogP contribution >= 0.6 is 0 Å². The SMILES string of the molecule is CN(C)N1C[C@H](N)CCN1. The molecule has 3 N–H and O–H groups in total. The number of hydrazine groups is 2. The van der Waals surface area contributed by atoms with E-state index in [0.29, 0.717) is 6.04 Å². The molecule has 60 valence electrons. The summed E-state index contributed by atoms with van der Waals surface area (Å²) in [7, 11) is 4.01. The molecule has 0 aromatic carbocycles. The monoisotopic (exact) mass is 144 g/mol.